The van der Waals surface area contributed by atoms with E-state index in [4.69, 9.17) is 0 Å². The molecule has 0 saturated heterocycles. The SMILES string of the molecule is CN(C)C(C)(Cc1c[nH]c2ccccc12)C(=O)O.[GaH3]. The molecule has 1 aromatic heterocycles. The second-order valence-corrected chi connectivity index (χ2v) is 5.01. The number of hydrogen-bond donors (Lipinski definition) is 2. The van der Waals surface area contributed by atoms with E-state index in [1.54, 1.807) is 25.9 Å². The van der Waals surface area contributed by atoms with Crippen molar-refractivity contribution in [1.29, 1.82) is 0 Å². The molecule has 5 heteroatoms. The van der Waals surface area contributed by atoms with Crippen LogP contribution in [-0.4, -0.2) is 60.4 Å². The van der Waals surface area contributed by atoms with Gasteiger partial charge in [0.2, 0.25) is 0 Å². The fourth-order valence-electron chi connectivity index (χ4n) is 2.07. The quantitative estimate of drug-likeness (QED) is 0.825. The fourth-order valence-corrected chi connectivity index (χ4v) is 2.07. The Kier molecular flexibility index (Phi) is 4.90. The zero-order valence-corrected chi connectivity index (χ0v) is 10.9. The Labute approximate surface area is 125 Å². The Balaban J connectivity index is 0.00000180. The van der Waals surface area contributed by atoms with E-state index < -0.39 is 11.5 Å². The van der Waals surface area contributed by atoms with E-state index in [-0.39, 0.29) is 19.8 Å². The van der Waals surface area contributed by atoms with Gasteiger partial charge in [0.15, 0.2) is 0 Å². The van der Waals surface area contributed by atoms with Gasteiger partial charge in [-0.05, 0) is 32.6 Å². The maximum absolute atomic E-state index is 11.5. The van der Waals surface area contributed by atoms with Gasteiger partial charge < -0.3 is 10.1 Å². The number of para-hydroxylation sites is 1. The van der Waals surface area contributed by atoms with Gasteiger partial charge in [-0.15, -0.1) is 0 Å². The first kappa shape index (κ1) is 15.9. The van der Waals surface area contributed by atoms with E-state index >= 15 is 0 Å². The molecule has 102 valence electrons. The summed E-state index contributed by atoms with van der Waals surface area (Å²) in [6.45, 7) is 1.75. The average molecular weight is 319 g/mol. The summed E-state index contributed by atoms with van der Waals surface area (Å²) in [5, 5.41) is 10.5. The van der Waals surface area contributed by atoms with E-state index in [1.165, 1.54) is 0 Å². The number of aromatic amines is 1. The molecule has 1 heterocycles. The van der Waals surface area contributed by atoms with Gasteiger partial charge in [-0.1, -0.05) is 18.2 Å². The Morgan fingerprint density at radius 3 is 2.58 bits per heavy atom. The summed E-state index contributed by atoms with van der Waals surface area (Å²) in [7, 11) is 3.59. The minimum atomic E-state index is -0.898. The van der Waals surface area contributed by atoms with Crippen molar-refractivity contribution in [2.75, 3.05) is 14.1 Å². The van der Waals surface area contributed by atoms with Crippen molar-refractivity contribution >= 4 is 36.7 Å². The summed E-state index contributed by atoms with van der Waals surface area (Å²) < 4.78 is 0. The van der Waals surface area contributed by atoms with Crippen LogP contribution in [0.2, 0.25) is 0 Å². The molecule has 19 heavy (non-hydrogen) atoms. The first-order valence-corrected chi connectivity index (χ1v) is 5.91. The predicted octanol–water partition coefficient (Wildman–Crippen LogP) is 0.931. The van der Waals surface area contributed by atoms with Gasteiger partial charge in [-0.3, -0.25) is 9.69 Å². The molecule has 2 aromatic rings. The van der Waals surface area contributed by atoms with Crippen molar-refractivity contribution in [2.24, 2.45) is 0 Å². The third-order valence-electron chi connectivity index (χ3n) is 3.66. The summed E-state index contributed by atoms with van der Waals surface area (Å²) in [5.74, 6) is -0.808. The van der Waals surface area contributed by atoms with Crippen LogP contribution >= 0.6 is 0 Å². The Hall–Kier alpha value is -1.17. The standard InChI is InChI=1S/C14H18N2O2.Ga.3H/c1-14(13(17)18,16(2)3)8-10-9-15-12-7-5-4-6-11(10)12;;;;/h4-7,9,15H,8H2,1-3H3,(H,17,18);;;;. The molecular formula is C14H21GaN2O2. The minimum absolute atomic E-state index is 0. The van der Waals surface area contributed by atoms with Crippen LogP contribution in [0.3, 0.4) is 0 Å². The van der Waals surface area contributed by atoms with Gasteiger partial charge >= 0.3 is 25.8 Å². The number of nitrogens with one attached hydrogen (secondary N) is 1. The Morgan fingerprint density at radius 1 is 1.37 bits per heavy atom. The molecule has 1 aromatic carbocycles. The van der Waals surface area contributed by atoms with E-state index in [9.17, 15) is 9.90 Å². The zero-order chi connectivity index (χ0) is 13.3. The van der Waals surface area contributed by atoms with Crippen molar-refractivity contribution in [2.45, 2.75) is 18.9 Å². The average Bonchev–Trinajstić information content (AvgIpc) is 2.72. The molecular weight excluding hydrogens is 298 g/mol. The summed E-state index contributed by atoms with van der Waals surface area (Å²) in [6.07, 6.45) is 2.37. The molecule has 2 rings (SSSR count). The molecule has 0 spiro atoms. The summed E-state index contributed by atoms with van der Waals surface area (Å²) >= 11 is 0. The number of fused-ring (bicyclic) bond motifs is 1. The van der Waals surface area contributed by atoms with Crippen LogP contribution in [-0.2, 0) is 11.2 Å². The van der Waals surface area contributed by atoms with Crippen LogP contribution in [0.5, 0.6) is 0 Å². The number of nitrogens with zero attached hydrogens (tertiary/aromatic N) is 1. The van der Waals surface area contributed by atoms with Crippen LogP contribution in [0.15, 0.2) is 30.5 Å². The monoisotopic (exact) mass is 318 g/mol. The normalized spacial score (nSPS) is 14.1. The van der Waals surface area contributed by atoms with Crippen LogP contribution in [0, 0.1) is 0 Å². The van der Waals surface area contributed by atoms with Gasteiger partial charge in [0.25, 0.3) is 0 Å². The molecule has 0 aliphatic rings. The summed E-state index contributed by atoms with van der Waals surface area (Å²) in [4.78, 5) is 16.4. The predicted molar refractivity (Wildman–Crippen MR) is 81.7 cm³/mol. The number of likely N-dealkylation sites (N-methyl/N-ethyl adjacent to an activating group) is 1. The topological polar surface area (TPSA) is 56.3 Å². The summed E-state index contributed by atoms with van der Waals surface area (Å²) in [6, 6.07) is 7.93. The molecule has 1 atom stereocenters. The zero-order valence-electron chi connectivity index (χ0n) is 10.9. The van der Waals surface area contributed by atoms with Crippen LogP contribution in [0.25, 0.3) is 10.9 Å². The van der Waals surface area contributed by atoms with E-state index in [0.717, 1.165) is 16.5 Å². The summed E-state index contributed by atoms with van der Waals surface area (Å²) in [5.41, 5.74) is 1.17. The third kappa shape index (κ3) is 2.88. The molecule has 2 N–H and O–H groups in total. The van der Waals surface area contributed by atoms with Crippen molar-refractivity contribution in [3.63, 3.8) is 0 Å². The number of benzene rings is 1. The number of aromatic nitrogens is 1. The van der Waals surface area contributed by atoms with Crippen molar-refractivity contribution in [3.05, 3.63) is 36.0 Å². The molecule has 1 unspecified atom stereocenters. The molecule has 0 aliphatic carbocycles. The van der Waals surface area contributed by atoms with Gasteiger partial charge in [0.05, 0.1) is 0 Å². The van der Waals surface area contributed by atoms with Crippen LogP contribution in [0.4, 0.5) is 0 Å². The Morgan fingerprint density at radius 2 is 2.00 bits per heavy atom. The molecule has 0 radical (unpaired) electrons. The second kappa shape index (κ2) is 5.86. The molecule has 0 bridgehead atoms. The van der Waals surface area contributed by atoms with Crippen LogP contribution < -0.4 is 0 Å². The fraction of sp³-hybridized carbons (Fsp3) is 0.357. The van der Waals surface area contributed by atoms with Crippen molar-refractivity contribution in [1.82, 2.24) is 9.88 Å². The maximum atomic E-state index is 11.5. The molecule has 4 nitrogen and oxygen atoms in total. The number of aliphatic carboxylic acids is 1. The van der Waals surface area contributed by atoms with E-state index in [2.05, 4.69) is 4.98 Å². The number of rotatable bonds is 4. The molecule has 0 fully saturated rings. The third-order valence-corrected chi connectivity index (χ3v) is 3.66. The number of H-pyrrole nitrogens is 1. The van der Waals surface area contributed by atoms with Gasteiger partial charge in [-0.25, -0.2) is 0 Å². The number of hydrogen-bond acceptors (Lipinski definition) is 2. The molecule has 0 aliphatic heterocycles. The number of carbonyl (C=O) groups is 1. The van der Waals surface area contributed by atoms with Crippen molar-refractivity contribution in [3.8, 4) is 0 Å². The Bertz CT molecular complexity index is 580. The van der Waals surface area contributed by atoms with Crippen LogP contribution in [0.1, 0.15) is 12.5 Å². The number of carboxylic acid groups (broad SMARTS) is 1. The number of carboxylic acids is 1. The molecule has 0 saturated carbocycles. The first-order valence-electron chi connectivity index (χ1n) is 5.91. The van der Waals surface area contributed by atoms with E-state index in [0.29, 0.717) is 6.42 Å². The molecule has 0 amide bonds. The van der Waals surface area contributed by atoms with Gasteiger partial charge in [-0.2, -0.15) is 0 Å². The second-order valence-electron chi connectivity index (χ2n) is 5.01. The first-order chi connectivity index (χ1) is 8.45. The van der Waals surface area contributed by atoms with Crippen molar-refractivity contribution < 1.29 is 9.90 Å². The van der Waals surface area contributed by atoms with E-state index in [1.807, 2.05) is 30.5 Å². The van der Waals surface area contributed by atoms with Gasteiger partial charge in [0, 0.05) is 23.5 Å². The van der Waals surface area contributed by atoms with Gasteiger partial charge in [0.1, 0.15) is 5.54 Å².